The second kappa shape index (κ2) is 11.2. The Hall–Kier alpha value is -0.300. The highest BCUT2D eigenvalue weighted by Crippen LogP contribution is 1.98. The van der Waals surface area contributed by atoms with Crippen LogP contribution in [0.15, 0.2) is 0 Å². The molecule has 0 saturated carbocycles. The Morgan fingerprint density at radius 2 is 2.19 bits per heavy atom. The molecule has 1 amide bonds. The van der Waals surface area contributed by atoms with Crippen LogP contribution in [0.25, 0.3) is 0 Å². The number of carbonyl (C=O) groups excluding carboxylic acids is 1. The van der Waals surface area contributed by atoms with Gasteiger partial charge in [0.05, 0.1) is 25.9 Å². The molecule has 0 aliphatic carbocycles. The number of nitrogens with two attached hydrogens (primary N) is 1. The van der Waals surface area contributed by atoms with Crippen molar-refractivity contribution < 1.29 is 14.3 Å². The van der Waals surface area contributed by atoms with Crippen LogP contribution in [0.1, 0.15) is 6.42 Å². The highest BCUT2D eigenvalue weighted by atomic mass is 32.2. The van der Waals surface area contributed by atoms with Crippen molar-refractivity contribution in [3.8, 4) is 0 Å². The maximum atomic E-state index is 11.4. The highest BCUT2D eigenvalue weighted by molar-refractivity contribution is 7.98. The summed E-state index contributed by atoms with van der Waals surface area (Å²) in [6.07, 6.45) is 2.70. The molecule has 0 rings (SSSR count). The second-order valence-corrected chi connectivity index (χ2v) is 4.27. The first-order valence-electron chi connectivity index (χ1n) is 5.31. The van der Waals surface area contributed by atoms with E-state index in [9.17, 15) is 4.79 Å². The van der Waals surface area contributed by atoms with Gasteiger partial charge in [0.15, 0.2) is 0 Å². The van der Waals surface area contributed by atoms with Crippen LogP contribution in [0.4, 0.5) is 0 Å². The van der Waals surface area contributed by atoms with E-state index in [-0.39, 0.29) is 5.91 Å². The summed E-state index contributed by atoms with van der Waals surface area (Å²) in [4.78, 5) is 11.4. The zero-order valence-electron chi connectivity index (χ0n) is 10.0. The molecular weight excluding hydrogens is 228 g/mol. The quantitative estimate of drug-likeness (QED) is 0.527. The molecule has 5 nitrogen and oxygen atoms in total. The lowest BCUT2D eigenvalue weighted by Gasteiger charge is -2.11. The SMILES string of the molecule is COCCOCCNC(=O)[C@@H](N)CCSC. The third-order valence-electron chi connectivity index (χ3n) is 1.95. The molecule has 0 aliphatic rings. The minimum atomic E-state index is -0.411. The molecule has 96 valence electrons. The number of rotatable bonds is 10. The van der Waals surface area contributed by atoms with Gasteiger partial charge in [-0.1, -0.05) is 0 Å². The lowest BCUT2D eigenvalue weighted by atomic mass is 10.2. The molecule has 0 aromatic rings. The van der Waals surface area contributed by atoms with Gasteiger partial charge in [-0.2, -0.15) is 11.8 Å². The summed E-state index contributed by atoms with van der Waals surface area (Å²) in [7, 11) is 1.62. The fraction of sp³-hybridized carbons (Fsp3) is 0.900. The molecule has 0 saturated heterocycles. The number of carbonyl (C=O) groups is 1. The predicted octanol–water partition coefficient (Wildman–Crippen LogP) is -0.154. The fourth-order valence-electron chi connectivity index (χ4n) is 0.998. The van der Waals surface area contributed by atoms with E-state index in [2.05, 4.69) is 5.32 Å². The summed E-state index contributed by atoms with van der Waals surface area (Å²) in [6.45, 7) is 2.10. The van der Waals surface area contributed by atoms with Gasteiger partial charge in [-0.25, -0.2) is 0 Å². The Balaban J connectivity index is 3.35. The van der Waals surface area contributed by atoms with Gasteiger partial charge in [0, 0.05) is 13.7 Å². The summed E-state index contributed by atoms with van der Waals surface area (Å²) in [5.41, 5.74) is 5.68. The van der Waals surface area contributed by atoms with Crippen LogP contribution >= 0.6 is 11.8 Å². The van der Waals surface area contributed by atoms with Crippen LogP contribution in [0.5, 0.6) is 0 Å². The minimum Gasteiger partial charge on any atom is -0.382 e. The maximum Gasteiger partial charge on any atom is 0.237 e. The Kier molecular flexibility index (Phi) is 11.0. The molecule has 16 heavy (non-hydrogen) atoms. The Labute approximate surface area is 101 Å². The van der Waals surface area contributed by atoms with Gasteiger partial charge in [-0.15, -0.1) is 0 Å². The molecule has 3 N–H and O–H groups in total. The number of hydrogen-bond acceptors (Lipinski definition) is 5. The molecule has 0 aromatic heterocycles. The van der Waals surface area contributed by atoms with E-state index in [1.54, 1.807) is 18.9 Å². The van der Waals surface area contributed by atoms with E-state index >= 15 is 0 Å². The molecule has 0 aromatic carbocycles. The second-order valence-electron chi connectivity index (χ2n) is 3.28. The van der Waals surface area contributed by atoms with Crippen molar-refractivity contribution >= 4 is 17.7 Å². The standard InChI is InChI=1S/C10H22N2O3S/c1-14-6-7-15-5-4-12-10(13)9(11)3-8-16-2/h9H,3-8,11H2,1-2H3,(H,12,13)/t9-/m0/s1. The van der Waals surface area contributed by atoms with Crippen molar-refractivity contribution in [1.29, 1.82) is 0 Å². The van der Waals surface area contributed by atoms with Crippen molar-refractivity contribution in [3.05, 3.63) is 0 Å². The monoisotopic (exact) mass is 250 g/mol. The Morgan fingerprint density at radius 3 is 2.81 bits per heavy atom. The smallest absolute Gasteiger partial charge is 0.237 e. The number of methoxy groups -OCH3 is 1. The summed E-state index contributed by atoms with van der Waals surface area (Å²) in [5, 5.41) is 2.73. The normalized spacial score (nSPS) is 12.4. The van der Waals surface area contributed by atoms with Crippen molar-refractivity contribution in [2.45, 2.75) is 12.5 Å². The topological polar surface area (TPSA) is 73.6 Å². The average molecular weight is 250 g/mol. The van der Waals surface area contributed by atoms with Crippen LogP contribution in [0, 0.1) is 0 Å². The Bertz CT molecular complexity index is 181. The first-order chi connectivity index (χ1) is 7.72. The van der Waals surface area contributed by atoms with Crippen LogP contribution in [0.2, 0.25) is 0 Å². The lowest BCUT2D eigenvalue weighted by molar-refractivity contribution is -0.122. The first kappa shape index (κ1) is 15.7. The minimum absolute atomic E-state index is 0.107. The van der Waals surface area contributed by atoms with Crippen LogP contribution in [0.3, 0.4) is 0 Å². The van der Waals surface area contributed by atoms with E-state index in [0.29, 0.717) is 32.8 Å². The van der Waals surface area contributed by atoms with Gasteiger partial charge in [-0.05, 0) is 18.4 Å². The van der Waals surface area contributed by atoms with Gasteiger partial charge in [0.25, 0.3) is 0 Å². The summed E-state index contributed by atoms with van der Waals surface area (Å²) in [5.74, 6) is 0.795. The Morgan fingerprint density at radius 1 is 1.44 bits per heavy atom. The van der Waals surface area contributed by atoms with E-state index in [4.69, 9.17) is 15.2 Å². The van der Waals surface area contributed by atoms with Crippen LogP contribution in [-0.4, -0.2) is 57.4 Å². The number of thioether (sulfide) groups is 1. The summed E-state index contributed by atoms with van der Waals surface area (Å²) in [6, 6.07) is -0.411. The number of hydrogen-bond donors (Lipinski definition) is 2. The molecule has 0 radical (unpaired) electrons. The van der Waals surface area contributed by atoms with Gasteiger partial charge < -0.3 is 20.5 Å². The largest absolute Gasteiger partial charge is 0.382 e. The number of ether oxygens (including phenoxy) is 2. The number of amides is 1. The first-order valence-corrected chi connectivity index (χ1v) is 6.70. The summed E-state index contributed by atoms with van der Waals surface area (Å²) < 4.78 is 10.0. The fourth-order valence-corrected chi connectivity index (χ4v) is 1.49. The van der Waals surface area contributed by atoms with Gasteiger partial charge in [0.2, 0.25) is 5.91 Å². The molecular formula is C10H22N2O3S. The van der Waals surface area contributed by atoms with Crippen molar-refractivity contribution in [2.24, 2.45) is 5.73 Å². The molecule has 6 heteroatoms. The zero-order chi connectivity index (χ0) is 12.2. The average Bonchev–Trinajstić information content (AvgIpc) is 2.30. The third-order valence-corrected chi connectivity index (χ3v) is 2.59. The van der Waals surface area contributed by atoms with Crippen LogP contribution < -0.4 is 11.1 Å². The van der Waals surface area contributed by atoms with Gasteiger partial charge >= 0.3 is 0 Å². The van der Waals surface area contributed by atoms with Gasteiger partial charge in [-0.3, -0.25) is 4.79 Å². The van der Waals surface area contributed by atoms with Gasteiger partial charge in [0.1, 0.15) is 0 Å². The highest BCUT2D eigenvalue weighted by Gasteiger charge is 2.11. The van der Waals surface area contributed by atoms with Crippen molar-refractivity contribution in [1.82, 2.24) is 5.32 Å². The zero-order valence-corrected chi connectivity index (χ0v) is 10.8. The molecule has 0 fully saturated rings. The molecule has 0 unspecified atom stereocenters. The van der Waals surface area contributed by atoms with E-state index in [1.807, 2.05) is 6.26 Å². The third kappa shape index (κ3) is 8.96. The molecule has 0 aliphatic heterocycles. The van der Waals surface area contributed by atoms with E-state index in [1.165, 1.54) is 0 Å². The van der Waals surface area contributed by atoms with E-state index in [0.717, 1.165) is 5.75 Å². The molecule has 0 bridgehead atoms. The maximum absolute atomic E-state index is 11.4. The van der Waals surface area contributed by atoms with Crippen LogP contribution in [-0.2, 0) is 14.3 Å². The summed E-state index contributed by atoms with van der Waals surface area (Å²) >= 11 is 1.69. The molecule has 0 spiro atoms. The van der Waals surface area contributed by atoms with Crippen molar-refractivity contribution in [3.63, 3.8) is 0 Å². The van der Waals surface area contributed by atoms with E-state index < -0.39 is 6.04 Å². The number of nitrogens with one attached hydrogen (secondary N) is 1. The lowest BCUT2D eigenvalue weighted by Crippen LogP contribution is -2.42. The molecule has 0 heterocycles. The molecule has 1 atom stereocenters. The van der Waals surface area contributed by atoms with Crippen molar-refractivity contribution in [2.75, 3.05) is 45.5 Å². The predicted molar refractivity (Wildman–Crippen MR) is 66.7 cm³/mol.